The fourth-order valence-corrected chi connectivity index (χ4v) is 3.13. The maximum atomic E-state index is 13.5. The van der Waals surface area contributed by atoms with Crippen molar-refractivity contribution in [3.05, 3.63) is 58.4 Å². The lowest BCUT2D eigenvalue weighted by Crippen LogP contribution is -2.22. The highest BCUT2D eigenvalue weighted by molar-refractivity contribution is 8.26. The number of likely N-dealkylation sites (N-methyl/N-ethyl adjacent to an activating group) is 1. The summed E-state index contributed by atoms with van der Waals surface area (Å²) >= 11 is 6.24. The van der Waals surface area contributed by atoms with E-state index in [2.05, 4.69) is 0 Å². The lowest BCUT2D eigenvalue weighted by atomic mass is 10.3. The number of furan rings is 1. The fraction of sp³-hybridized carbons (Fsp3) is 0.125. The standard InChI is InChI=1S/C16H11F2NO3S2/c1-19-15(20)14(24-16(19)23)7-10-3-4-11(22-10)8-21-13-5-2-9(17)6-12(13)18/h2-7H,8H2,1H3/b14-7+. The van der Waals surface area contributed by atoms with Crippen LogP contribution in [0.1, 0.15) is 11.5 Å². The van der Waals surface area contributed by atoms with Crippen LogP contribution in [0.15, 0.2) is 39.7 Å². The number of benzene rings is 1. The van der Waals surface area contributed by atoms with E-state index in [1.54, 1.807) is 25.3 Å². The van der Waals surface area contributed by atoms with Gasteiger partial charge in [-0.2, -0.15) is 0 Å². The van der Waals surface area contributed by atoms with Crippen molar-refractivity contribution in [2.24, 2.45) is 0 Å². The lowest BCUT2D eigenvalue weighted by Gasteiger charge is -2.05. The molecule has 0 spiro atoms. The first-order chi connectivity index (χ1) is 11.4. The fourth-order valence-electron chi connectivity index (χ4n) is 1.97. The summed E-state index contributed by atoms with van der Waals surface area (Å²) in [6, 6.07) is 6.39. The normalized spacial score (nSPS) is 16.3. The molecule has 8 heteroatoms. The Labute approximate surface area is 146 Å². The van der Waals surface area contributed by atoms with Crippen LogP contribution in [0, 0.1) is 11.6 Å². The van der Waals surface area contributed by atoms with Gasteiger partial charge in [0.05, 0.1) is 4.91 Å². The summed E-state index contributed by atoms with van der Waals surface area (Å²) in [4.78, 5) is 13.8. The third-order valence-corrected chi connectivity index (χ3v) is 4.69. The number of carbonyl (C=O) groups is 1. The zero-order valence-corrected chi connectivity index (χ0v) is 14.0. The van der Waals surface area contributed by atoms with Crippen LogP contribution in [0.4, 0.5) is 8.78 Å². The van der Waals surface area contributed by atoms with Crippen molar-refractivity contribution >= 4 is 40.3 Å². The van der Waals surface area contributed by atoms with Crippen molar-refractivity contribution in [3.63, 3.8) is 0 Å². The van der Waals surface area contributed by atoms with Gasteiger partial charge in [0.1, 0.15) is 28.3 Å². The summed E-state index contributed by atoms with van der Waals surface area (Å²) in [5, 5.41) is 0. The quantitative estimate of drug-likeness (QED) is 0.604. The average Bonchev–Trinajstić information content (AvgIpc) is 3.08. The van der Waals surface area contributed by atoms with Gasteiger partial charge in [0.15, 0.2) is 11.6 Å². The topological polar surface area (TPSA) is 42.7 Å². The molecule has 0 atom stereocenters. The van der Waals surface area contributed by atoms with Crippen LogP contribution in [0.2, 0.25) is 0 Å². The first-order valence-electron chi connectivity index (χ1n) is 6.82. The third kappa shape index (κ3) is 3.49. The van der Waals surface area contributed by atoms with Gasteiger partial charge in [0.25, 0.3) is 5.91 Å². The molecule has 0 aliphatic carbocycles. The Morgan fingerprint density at radius 1 is 1.33 bits per heavy atom. The molecule has 1 aromatic heterocycles. The van der Waals surface area contributed by atoms with Crippen LogP contribution in [-0.2, 0) is 11.4 Å². The van der Waals surface area contributed by atoms with Gasteiger partial charge in [-0.15, -0.1) is 0 Å². The molecule has 124 valence electrons. The Morgan fingerprint density at radius 3 is 2.79 bits per heavy atom. The maximum Gasteiger partial charge on any atom is 0.266 e. The maximum absolute atomic E-state index is 13.5. The van der Waals surface area contributed by atoms with E-state index in [-0.39, 0.29) is 18.3 Å². The Hall–Kier alpha value is -2.19. The molecule has 0 unspecified atom stereocenters. The molecule has 1 amide bonds. The SMILES string of the molecule is CN1C(=O)/C(=C\c2ccc(COc3ccc(F)cc3F)o2)SC1=S. The van der Waals surface area contributed by atoms with E-state index < -0.39 is 11.6 Å². The molecule has 0 radical (unpaired) electrons. The number of carbonyl (C=O) groups excluding carboxylic acids is 1. The number of hydrogen-bond donors (Lipinski definition) is 0. The van der Waals surface area contributed by atoms with Crippen LogP contribution in [-0.4, -0.2) is 22.2 Å². The largest absolute Gasteiger partial charge is 0.483 e. The predicted octanol–water partition coefficient (Wildman–Crippen LogP) is 3.97. The van der Waals surface area contributed by atoms with Gasteiger partial charge in [-0.3, -0.25) is 9.69 Å². The second-order valence-corrected chi connectivity index (χ2v) is 6.58. The van der Waals surface area contributed by atoms with E-state index in [0.29, 0.717) is 20.7 Å². The summed E-state index contributed by atoms with van der Waals surface area (Å²) in [5.41, 5.74) is 0. The molecule has 1 fully saturated rings. The van der Waals surface area contributed by atoms with Crippen LogP contribution < -0.4 is 4.74 Å². The van der Waals surface area contributed by atoms with Crippen LogP contribution in [0.5, 0.6) is 5.75 Å². The molecule has 2 heterocycles. The molecule has 1 saturated heterocycles. The van der Waals surface area contributed by atoms with E-state index in [9.17, 15) is 13.6 Å². The molecule has 1 aliphatic rings. The molecule has 0 N–H and O–H groups in total. The highest BCUT2D eigenvalue weighted by Gasteiger charge is 2.28. The zero-order valence-electron chi connectivity index (χ0n) is 12.4. The highest BCUT2D eigenvalue weighted by atomic mass is 32.2. The molecule has 24 heavy (non-hydrogen) atoms. The first-order valence-corrected chi connectivity index (χ1v) is 8.04. The monoisotopic (exact) mass is 367 g/mol. The molecule has 3 rings (SSSR count). The van der Waals surface area contributed by atoms with E-state index in [1.807, 2.05) is 0 Å². The van der Waals surface area contributed by atoms with Gasteiger partial charge in [-0.05, 0) is 24.3 Å². The Balaban J connectivity index is 1.68. The first kappa shape index (κ1) is 16.7. The van der Waals surface area contributed by atoms with E-state index in [4.69, 9.17) is 21.4 Å². The number of amides is 1. The van der Waals surface area contributed by atoms with Crippen molar-refractivity contribution < 1.29 is 22.7 Å². The van der Waals surface area contributed by atoms with Gasteiger partial charge in [0.2, 0.25) is 0 Å². The van der Waals surface area contributed by atoms with Crippen molar-refractivity contribution in [1.29, 1.82) is 0 Å². The van der Waals surface area contributed by atoms with E-state index in [0.717, 1.165) is 12.1 Å². The molecular weight excluding hydrogens is 356 g/mol. The van der Waals surface area contributed by atoms with Crippen molar-refractivity contribution in [2.75, 3.05) is 7.05 Å². The molecule has 1 aromatic carbocycles. The summed E-state index contributed by atoms with van der Waals surface area (Å²) in [6.07, 6.45) is 1.59. The minimum atomic E-state index is -0.784. The minimum Gasteiger partial charge on any atom is -0.483 e. The molecular formula is C16H11F2NO3S2. The van der Waals surface area contributed by atoms with Crippen LogP contribution in [0.25, 0.3) is 6.08 Å². The summed E-state index contributed by atoms with van der Waals surface area (Å²) < 4.78 is 37.6. The number of rotatable bonds is 4. The molecule has 1 aliphatic heterocycles. The predicted molar refractivity (Wildman–Crippen MR) is 90.3 cm³/mol. The van der Waals surface area contributed by atoms with E-state index in [1.165, 1.54) is 22.7 Å². The smallest absolute Gasteiger partial charge is 0.266 e. The Morgan fingerprint density at radius 2 is 2.12 bits per heavy atom. The van der Waals surface area contributed by atoms with Gasteiger partial charge < -0.3 is 9.15 Å². The molecule has 0 bridgehead atoms. The highest BCUT2D eigenvalue weighted by Crippen LogP contribution is 2.31. The van der Waals surface area contributed by atoms with Crippen LogP contribution in [0.3, 0.4) is 0 Å². The van der Waals surface area contributed by atoms with Gasteiger partial charge in [-0.25, -0.2) is 8.78 Å². The number of nitrogens with zero attached hydrogens (tertiary/aromatic N) is 1. The summed E-state index contributed by atoms with van der Waals surface area (Å²) in [7, 11) is 1.61. The van der Waals surface area contributed by atoms with Gasteiger partial charge >= 0.3 is 0 Å². The Kier molecular flexibility index (Phi) is 4.68. The van der Waals surface area contributed by atoms with Crippen LogP contribution >= 0.6 is 24.0 Å². The second kappa shape index (κ2) is 6.74. The summed E-state index contributed by atoms with van der Waals surface area (Å²) in [6.45, 7) is -0.0227. The summed E-state index contributed by atoms with van der Waals surface area (Å²) in [5.74, 6) is -0.811. The van der Waals surface area contributed by atoms with Crippen molar-refractivity contribution in [3.8, 4) is 5.75 Å². The molecule has 2 aromatic rings. The second-order valence-electron chi connectivity index (χ2n) is 4.91. The molecule has 4 nitrogen and oxygen atoms in total. The number of halogens is 2. The number of thiocarbonyl (C=S) groups is 1. The number of ether oxygens (including phenoxy) is 1. The molecule has 0 saturated carbocycles. The lowest BCUT2D eigenvalue weighted by molar-refractivity contribution is -0.121. The number of thioether (sulfide) groups is 1. The van der Waals surface area contributed by atoms with E-state index >= 15 is 0 Å². The van der Waals surface area contributed by atoms with Gasteiger partial charge in [-0.1, -0.05) is 24.0 Å². The minimum absolute atomic E-state index is 0.0227. The third-order valence-electron chi connectivity index (χ3n) is 3.21. The average molecular weight is 367 g/mol. The number of hydrogen-bond acceptors (Lipinski definition) is 5. The van der Waals surface area contributed by atoms with Gasteiger partial charge in [0, 0.05) is 19.2 Å². The Bertz CT molecular complexity index is 848. The zero-order chi connectivity index (χ0) is 17.3. The van der Waals surface area contributed by atoms with Crippen molar-refractivity contribution in [1.82, 2.24) is 4.90 Å². The van der Waals surface area contributed by atoms with Crippen molar-refractivity contribution in [2.45, 2.75) is 6.61 Å².